The van der Waals surface area contributed by atoms with Crippen molar-refractivity contribution in [2.75, 3.05) is 23.3 Å². The molecule has 2 aromatic carbocycles. The Bertz CT molecular complexity index is 860. The summed E-state index contributed by atoms with van der Waals surface area (Å²) in [4.78, 5) is 19.1. The zero-order valence-electron chi connectivity index (χ0n) is 15.5. The molecule has 1 aliphatic heterocycles. The first-order chi connectivity index (χ1) is 13.3. The molecule has 2 heterocycles. The second-order valence-corrected chi connectivity index (χ2v) is 7.07. The molecule has 4 rings (SSSR count). The van der Waals surface area contributed by atoms with Gasteiger partial charge in [-0.15, -0.1) is 0 Å². The van der Waals surface area contributed by atoms with E-state index in [0.29, 0.717) is 18.7 Å². The molecule has 0 bridgehead atoms. The summed E-state index contributed by atoms with van der Waals surface area (Å²) in [6.45, 7) is 2.24. The number of nitrogens with one attached hydrogen (secondary N) is 1. The summed E-state index contributed by atoms with van der Waals surface area (Å²) in [5.41, 5.74) is 3.66. The van der Waals surface area contributed by atoms with E-state index in [9.17, 15) is 4.79 Å². The molecular formula is C22H25N3O2. The van der Waals surface area contributed by atoms with Crippen LogP contribution in [0.15, 0.2) is 52.9 Å². The van der Waals surface area contributed by atoms with Gasteiger partial charge in [0.15, 0.2) is 11.5 Å². The van der Waals surface area contributed by atoms with Crippen molar-refractivity contribution in [1.29, 1.82) is 0 Å². The topological polar surface area (TPSA) is 58.4 Å². The van der Waals surface area contributed by atoms with Crippen LogP contribution in [0.1, 0.15) is 38.0 Å². The van der Waals surface area contributed by atoms with Gasteiger partial charge in [0.1, 0.15) is 5.52 Å². The average Bonchev–Trinajstić information content (AvgIpc) is 2.91. The van der Waals surface area contributed by atoms with E-state index in [4.69, 9.17) is 4.42 Å². The van der Waals surface area contributed by atoms with Crippen LogP contribution in [0.4, 0.5) is 11.4 Å². The summed E-state index contributed by atoms with van der Waals surface area (Å²) in [6, 6.07) is 15.8. The van der Waals surface area contributed by atoms with E-state index in [0.717, 1.165) is 29.9 Å². The lowest BCUT2D eigenvalue weighted by atomic mass is 10.2. The van der Waals surface area contributed by atoms with Crippen molar-refractivity contribution in [2.24, 2.45) is 0 Å². The number of carbonyl (C=O) groups excluding carboxylic acids is 1. The Balaban J connectivity index is 1.31. The minimum atomic E-state index is -0.0280. The highest BCUT2D eigenvalue weighted by molar-refractivity contribution is 5.91. The van der Waals surface area contributed by atoms with Gasteiger partial charge in [0.25, 0.3) is 0 Å². The molecule has 27 heavy (non-hydrogen) atoms. The number of aromatic nitrogens is 1. The largest absolute Gasteiger partial charge is 0.441 e. The van der Waals surface area contributed by atoms with Gasteiger partial charge >= 0.3 is 0 Å². The van der Waals surface area contributed by atoms with E-state index in [1.54, 1.807) is 0 Å². The summed E-state index contributed by atoms with van der Waals surface area (Å²) in [5.74, 6) is 0.572. The van der Waals surface area contributed by atoms with Crippen molar-refractivity contribution in [3.63, 3.8) is 0 Å². The number of rotatable bonds is 5. The van der Waals surface area contributed by atoms with Gasteiger partial charge in [-0.3, -0.25) is 4.79 Å². The number of fused-ring (bicyclic) bond motifs is 1. The molecule has 0 aliphatic carbocycles. The number of amides is 1. The molecule has 1 fully saturated rings. The number of hydrogen-bond acceptors (Lipinski definition) is 4. The van der Waals surface area contributed by atoms with Crippen LogP contribution in [0.3, 0.4) is 0 Å². The molecule has 1 aliphatic rings. The fraction of sp³-hybridized carbons (Fsp3) is 0.364. The zero-order chi connectivity index (χ0) is 18.5. The SMILES string of the molecule is O=C(CCc1nc2ccccc2o1)Nc1ccc(N2CCCCCC2)cc1. The lowest BCUT2D eigenvalue weighted by molar-refractivity contribution is -0.116. The molecule has 140 valence electrons. The third kappa shape index (κ3) is 4.48. The molecular weight excluding hydrogens is 338 g/mol. The predicted octanol–water partition coefficient (Wildman–Crippen LogP) is 4.78. The van der Waals surface area contributed by atoms with Gasteiger partial charge in [-0.05, 0) is 49.2 Å². The minimum absolute atomic E-state index is 0.0280. The normalized spacial score (nSPS) is 14.9. The summed E-state index contributed by atoms with van der Waals surface area (Å²) >= 11 is 0. The second-order valence-electron chi connectivity index (χ2n) is 7.07. The Morgan fingerprint density at radius 1 is 1.00 bits per heavy atom. The maximum absolute atomic E-state index is 12.2. The Morgan fingerprint density at radius 2 is 1.74 bits per heavy atom. The van der Waals surface area contributed by atoms with Crippen molar-refractivity contribution >= 4 is 28.4 Å². The number of oxazole rings is 1. The standard InChI is InChI=1S/C22H25N3O2/c26-21(13-14-22-24-19-7-3-4-8-20(19)27-22)23-17-9-11-18(12-10-17)25-15-5-1-2-6-16-25/h3-4,7-12H,1-2,5-6,13-16H2,(H,23,26). The molecule has 0 saturated carbocycles. The van der Waals surface area contributed by atoms with E-state index >= 15 is 0 Å². The van der Waals surface area contributed by atoms with Crippen LogP contribution in [-0.2, 0) is 11.2 Å². The highest BCUT2D eigenvalue weighted by Gasteiger charge is 2.11. The van der Waals surface area contributed by atoms with Crippen LogP contribution in [0.5, 0.6) is 0 Å². The number of anilines is 2. The highest BCUT2D eigenvalue weighted by atomic mass is 16.3. The first kappa shape index (κ1) is 17.6. The molecule has 0 atom stereocenters. The number of hydrogen-bond donors (Lipinski definition) is 1. The Hall–Kier alpha value is -2.82. The van der Waals surface area contributed by atoms with E-state index in [2.05, 4.69) is 27.3 Å². The van der Waals surface area contributed by atoms with Crippen molar-refractivity contribution in [1.82, 2.24) is 4.98 Å². The van der Waals surface area contributed by atoms with Crippen LogP contribution in [0, 0.1) is 0 Å². The number of nitrogens with zero attached hydrogens (tertiary/aromatic N) is 2. The third-order valence-corrected chi connectivity index (χ3v) is 5.03. The van der Waals surface area contributed by atoms with Crippen LogP contribution in [0.25, 0.3) is 11.1 Å². The molecule has 1 amide bonds. The van der Waals surface area contributed by atoms with Crippen LogP contribution in [-0.4, -0.2) is 24.0 Å². The molecule has 5 nitrogen and oxygen atoms in total. The van der Waals surface area contributed by atoms with Gasteiger partial charge in [0.2, 0.25) is 5.91 Å². The zero-order valence-corrected chi connectivity index (χ0v) is 15.5. The van der Waals surface area contributed by atoms with Crippen LogP contribution in [0.2, 0.25) is 0 Å². The first-order valence-electron chi connectivity index (χ1n) is 9.77. The monoisotopic (exact) mass is 363 g/mol. The van der Waals surface area contributed by atoms with Gasteiger partial charge in [-0.25, -0.2) is 4.98 Å². The Kier molecular flexibility index (Phi) is 5.37. The van der Waals surface area contributed by atoms with Gasteiger partial charge < -0.3 is 14.6 Å². The highest BCUT2D eigenvalue weighted by Crippen LogP contribution is 2.22. The number of carbonyl (C=O) groups is 1. The molecule has 0 spiro atoms. The van der Waals surface area contributed by atoms with Crippen molar-refractivity contribution < 1.29 is 9.21 Å². The van der Waals surface area contributed by atoms with Crippen molar-refractivity contribution in [3.05, 3.63) is 54.4 Å². The fourth-order valence-electron chi connectivity index (χ4n) is 3.56. The molecule has 5 heteroatoms. The van der Waals surface area contributed by atoms with Crippen LogP contribution < -0.4 is 10.2 Å². The second kappa shape index (κ2) is 8.25. The summed E-state index contributed by atoms with van der Waals surface area (Å²) < 4.78 is 5.67. The Labute approximate surface area is 159 Å². The quantitative estimate of drug-likeness (QED) is 0.709. The summed E-state index contributed by atoms with van der Waals surface area (Å²) in [7, 11) is 0. The van der Waals surface area contributed by atoms with Crippen molar-refractivity contribution in [3.8, 4) is 0 Å². The van der Waals surface area contributed by atoms with E-state index < -0.39 is 0 Å². The van der Waals surface area contributed by atoms with Crippen LogP contribution >= 0.6 is 0 Å². The first-order valence-corrected chi connectivity index (χ1v) is 9.77. The molecule has 0 unspecified atom stereocenters. The molecule has 1 aromatic heterocycles. The lowest BCUT2D eigenvalue weighted by Gasteiger charge is -2.22. The maximum Gasteiger partial charge on any atom is 0.224 e. The fourth-order valence-corrected chi connectivity index (χ4v) is 3.56. The maximum atomic E-state index is 12.2. The third-order valence-electron chi connectivity index (χ3n) is 5.03. The summed E-state index contributed by atoms with van der Waals surface area (Å²) in [5, 5.41) is 2.96. The van der Waals surface area contributed by atoms with Gasteiger partial charge in [-0.1, -0.05) is 25.0 Å². The van der Waals surface area contributed by atoms with E-state index in [-0.39, 0.29) is 5.91 Å². The number of aryl methyl sites for hydroxylation is 1. The van der Waals surface area contributed by atoms with E-state index in [1.165, 1.54) is 31.4 Å². The minimum Gasteiger partial charge on any atom is -0.441 e. The molecule has 1 saturated heterocycles. The number of para-hydroxylation sites is 2. The predicted molar refractivity (Wildman–Crippen MR) is 108 cm³/mol. The lowest BCUT2D eigenvalue weighted by Crippen LogP contribution is -2.23. The Morgan fingerprint density at radius 3 is 2.48 bits per heavy atom. The van der Waals surface area contributed by atoms with Crippen molar-refractivity contribution in [2.45, 2.75) is 38.5 Å². The van der Waals surface area contributed by atoms with Gasteiger partial charge in [-0.2, -0.15) is 0 Å². The average molecular weight is 363 g/mol. The van der Waals surface area contributed by atoms with E-state index in [1.807, 2.05) is 36.4 Å². The summed E-state index contributed by atoms with van der Waals surface area (Å²) in [6.07, 6.45) is 6.01. The van der Waals surface area contributed by atoms with Gasteiger partial charge in [0, 0.05) is 37.3 Å². The number of benzene rings is 2. The molecule has 0 radical (unpaired) electrons. The van der Waals surface area contributed by atoms with Gasteiger partial charge in [0.05, 0.1) is 0 Å². The molecule has 3 aromatic rings. The molecule has 1 N–H and O–H groups in total. The smallest absolute Gasteiger partial charge is 0.224 e.